The first-order chi connectivity index (χ1) is 18.2. The molecule has 0 amide bonds. The first-order valence-corrected chi connectivity index (χ1v) is 12.2. The van der Waals surface area contributed by atoms with Crippen LogP contribution >= 0.6 is 0 Å². The number of fused-ring (bicyclic) bond motifs is 1. The summed E-state index contributed by atoms with van der Waals surface area (Å²) in [5.74, 6) is 2.92. The third-order valence-electron chi connectivity index (χ3n) is 6.34. The number of allylic oxidation sites excluding steroid dienone is 3. The Morgan fingerprint density at radius 2 is 1.97 bits per heavy atom. The fourth-order valence-corrected chi connectivity index (χ4v) is 4.25. The van der Waals surface area contributed by atoms with Gasteiger partial charge in [0.2, 0.25) is 0 Å². The van der Waals surface area contributed by atoms with Gasteiger partial charge < -0.3 is 19.0 Å². The summed E-state index contributed by atoms with van der Waals surface area (Å²) in [4.78, 5) is 21.4. The predicted molar refractivity (Wildman–Crippen MR) is 142 cm³/mol. The van der Waals surface area contributed by atoms with Crippen LogP contribution in [0.4, 0.5) is 0 Å². The van der Waals surface area contributed by atoms with E-state index in [9.17, 15) is 0 Å². The van der Waals surface area contributed by atoms with E-state index in [-0.39, 0.29) is 0 Å². The van der Waals surface area contributed by atoms with Crippen molar-refractivity contribution in [1.82, 2.24) is 29.5 Å². The van der Waals surface area contributed by atoms with Gasteiger partial charge in [0.25, 0.3) is 0 Å². The number of H-pyrrole nitrogens is 1. The summed E-state index contributed by atoms with van der Waals surface area (Å²) in [6.45, 7) is 0.882. The molecule has 8 heteroatoms. The van der Waals surface area contributed by atoms with Gasteiger partial charge in [-0.25, -0.2) is 15.0 Å². The van der Waals surface area contributed by atoms with Crippen molar-refractivity contribution >= 4 is 11.2 Å². The normalized spacial score (nSPS) is 13.1. The third kappa shape index (κ3) is 4.99. The molecule has 1 aliphatic carbocycles. The van der Waals surface area contributed by atoms with Gasteiger partial charge in [0.05, 0.1) is 5.56 Å². The third-order valence-corrected chi connectivity index (χ3v) is 6.34. The second-order valence-electron chi connectivity index (χ2n) is 8.90. The van der Waals surface area contributed by atoms with E-state index in [1.165, 1.54) is 5.57 Å². The molecule has 0 spiro atoms. The number of nitrogens with zero attached hydrogens (tertiary/aromatic N) is 5. The van der Waals surface area contributed by atoms with Crippen molar-refractivity contribution in [2.24, 2.45) is 7.05 Å². The molecule has 0 radical (unpaired) electrons. The first kappa shape index (κ1) is 22.7. The molecule has 0 saturated heterocycles. The number of ether oxygens (including phenoxy) is 2. The molecule has 0 unspecified atom stereocenters. The molecular weight excluding hydrogens is 464 g/mol. The van der Waals surface area contributed by atoms with Crippen LogP contribution in [0, 0.1) is 0 Å². The molecular formula is C29H26N6O2. The zero-order valence-electron chi connectivity index (χ0n) is 20.5. The van der Waals surface area contributed by atoms with Crippen LogP contribution in [0.25, 0.3) is 33.7 Å². The summed E-state index contributed by atoms with van der Waals surface area (Å²) in [6.07, 6.45) is 17.5. The van der Waals surface area contributed by atoms with Crippen molar-refractivity contribution < 1.29 is 9.47 Å². The molecule has 0 bridgehead atoms. The second kappa shape index (κ2) is 10.1. The van der Waals surface area contributed by atoms with E-state index in [4.69, 9.17) is 14.5 Å². The van der Waals surface area contributed by atoms with Gasteiger partial charge >= 0.3 is 0 Å². The fraction of sp³-hybridized carbons (Fsp3) is 0.172. The number of aromatic nitrogens is 6. The summed E-state index contributed by atoms with van der Waals surface area (Å²) in [7, 11) is 1.95. The lowest BCUT2D eigenvalue weighted by Crippen LogP contribution is -2.05. The Kier molecular flexibility index (Phi) is 6.21. The van der Waals surface area contributed by atoms with Crippen LogP contribution < -0.4 is 9.47 Å². The molecule has 184 valence electrons. The molecule has 1 aliphatic rings. The van der Waals surface area contributed by atoms with Gasteiger partial charge in [-0.05, 0) is 48.7 Å². The van der Waals surface area contributed by atoms with E-state index >= 15 is 0 Å². The highest BCUT2D eigenvalue weighted by atomic mass is 16.5. The van der Waals surface area contributed by atoms with Crippen LogP contribution in [0.1, 0.15) is 18.7 Å². The number of hydrogen-bond donors (Lipinski definition) is 1. The van der Waals surface area contributed by atoms with Crippen molar-refractivity contribution in [3.05, 3.63) is 97.0 Å². The average molecular weight is 491 g/mol. The molecule has 0 fully saturated rings. The maximum Gasteiger partial charge on any atom is 0.157 e. The average Bonchev–Trinajstić information content (AvgIpc) is 3.57. The molecule has 4 aromatic heterocycles. The molecule has 37 heavy (non-hydrogen) atoms. The lowest BCUT2D eigenvalue weighted by molar-refractivity contribution is 0.291. The Hall–Kier alpha value is -4.72. The Morgan fingerprint density at radius 3 is 2.78 bits per heavy atom. The van der Waals surface area contributed by atoms with Crippen molar-refractivity contribution in [2.75, 3.05) is 6.61 Å². The van der Waals surface area contributed by atoms with Crippen molar-refractivity contribution in [2.45, 2.75) is 19.4 Å². The van der Waals surface area contributed by atoms with Gasteiger partial charge in [0.15, 0.2) is 5.65 Å². The molecule has 1 N–H and O–H groups in total. The van der Waals surface area contributed by atoms with Gasteiger partial charge in [-0.3, -0.25) is 4.98 Å². The van der Waals surface area contributed by atoms with Crippen molar-refractivity contribution in [3.8, 4) is 34.0 Å². The van der Waals surface area contributed by atoms with Crippen LogP contribution in [0.5, 0.6) is 11.5 Å². The van der Waals surface area contributed by atoms with E-state index in [0.29, 0.717) is 30.4 Å². The van der Waals surface area contributed by atoms with E-state index in [1.54, 1.807) is 12.4 Å². The number of rotatable bonds is 8. The zero-order chi connectivity index (χ0) is 25.0. The van der Waals surface area contributed by atoms with Crippen LogP contribution in [-0.4, -0.2) is 36.1 Å². The minimum Gasteiger partial charge on any atom is -0.489 e. The highest BCUT2D eigenvalue weighted by Gasteiger charge is 2.16. The van der Waals surface area contributed by atoms with Gasteiger partial charge in [-0.2, -0.15) is 0 Å². The highest BCUT2D eigenvalue weighted by molar-refractivity contribution is 5.82. The van der Waals surface area contributed by atoms with E-state index in [0.717, 1.165) is 46.6 Å². The molecule has 1 aromatic carbocycles. The molecule has 0 atom stereocenters. The number of pyridine rings is 2. The summed E-state index contributed by atoms with van der Waals surface area (Å²) in [5.41, 5.74) is 5.47. The highest BCUT2D eigenvalue weighted by Crippen LogP contribution is 2.34. The van der Waals surface area contributed by atoms with Gasteiger partial charge in [-0.15, -0.1) is 0 Å². The van der Waals surface area contributed by atoms with Crippen molar-refractivity contribution in [1.29, 1.82) is 0 Å². The summed E-state index contributed by atoms with van der Waals surface area (Å²) in [5, 5.41) is 0. The summed E-state index contributed by atoms with van der Waals surface area (Å²) >= 11 is 0. The van der Waals surface area contributed by atoms with Gasteiger partial charge in [0.1, 0.15) is 41.9 Å². The van der Waals surface area contributed by atoms with Crippen LogP contribution in [0.15, 0.2) is 91.2 Å². The second-order valence-corrected chi connectivity index (χ2v) is 8.90. The Labute approximate surface area is 214 Å². The molecule has 0 saturated carbocycles. The summed E-state index contributed by atoms with van der Waals surface area (Å²) < 4.78 is 14.3. The largest absolute Gasteiger partial charge is 0.489 e. The van der Waals surface area contributed by atoms with Crippen molar-refractivity contribution in [3.63, 3.8) is 0 Å². The minimum absolute atomic E-state index is 0.333. The molecule has 4 heterocycles. The molecule has 5 aromatic rings. The Balaban J connectivity index is 1.33. The maximum absolute atomic E-state index is 6.21. The number of imidazole rings is 2. The van der Waals surface area contributed by atoms with E-state index in [1.807, 2.05) is 66.6 Å². The standard InChI is InChI=1S/C29H26N6O2/c1-35-13-12-31-27(35)19-37-26-10-9-23(36-18-20-6-3-2-4-7-20)15-24(26)28-33-25-14-22(17-32-29(25)34-28)21-8-5-11-30-16-21/h2-3,5-6,8-17H,4,7,18-19H2,1H3,(H,32,33,34). The number of benzene rings is 1. The van der Waals surface area contributed by atoms with E-state index < -0.39 is 0 Å². The maximum atomic E-state index is 6.21. The SMILES string of the molecule is Cn1ccnc1COc1ccc(OCC2=CC=CCC2)cc1-c1nc2cc(-c3cccnc3)cnc2[nH]1. The fourth-order valence-electron chi connectivity index (χ4n) is 4.25. The number of nitrogens with one attached hydrogen (secondary N) is 1. The number of aromatic amines is 1. The zero-order valence-corrected chi connectivity index (χ0v) is 20.5. The minimum atomic E-state index is 0.333. The summed E-state index contributed by atoms with van der Waals surface area (Å²) in [6, 6.07) is 11.7. The lowest BCUT2D eigenvalue weighted by Gasteiger charge is -2.14. The number of aryl methyl sites for hydroxylation is 1. The monoisotopic (exact) mass is 490 g/mol. The molecule has 6 rings (SSSR count). The van der Waals surface area contributed by atoms with Crippen LogP contribution in [0.3, 0.4) is 0 Å². The molecule has 0 aliphatic heterocycles. The smallest absolute Gasteiger partial charge is 0.157 e. The quantitative estimate of drug-likeness (QED) is 0.302. The Morgan fingerprint density at radius 1 is 1.00 bits per heavy atom. The lowest BCUT2D eigenvalue weighted by atomic mass is 10.1. The topological polar surface area (TPSA) is 90.7 Å². The first-order valence-electron chi connectivity index (χ1n) is 12.2. The van der Waals surface area contributed by atoms with Gasteiger partial charge in [-0.1, -0.05) is 24.3 Å². The molecule has 8 nitrogen and oxygen atoms in total. The van der Waals surface area contributed by atoms with Crippen LogP contribution in [0.2, 0.25) is 0 Å². The van der Waals surface area contributed by atoms with Crippen LogP contribution in [-0.2, 0) is 13.7 Å². The number of hydrogen-bond acceptors (Lipinski definition) is 6. The van der Waals surface area contributed by atoms with E-state index in [2.05, 4.69) is 38.2 Å². The van der Waals surface area contributed by atoms with Gasteiger partial charge in [0, 0.05) is 49.2 Å². The predicted octanol–water partition coefficient (Wildman–Crippen LogP) is 5.65. The Bertz CT molecular complexity index is 1600.